The van der Waals surface area contributed by atoms with Crippen LogP contribution in [-0.2, 0) is 6.42 Å². The first-order chi connectivity index (χ1) is 10.3. The zero-order chi connectivity index (χ0) is 15.1. The number of benzene rings is 1. The van der Waals surface area contributed by atoms with Gasteiger partial charge in [0.15, 0.2) is 17.5 Å². The fourth-order valence-corrected chi connectivity index (χ4v) is 2.06. The van der Waals surface area contributed by atoms with Crippen molar-refractivity contribution in [1.82, 2.24) is 5.32 Å². The zero-order valence-corrected chi connectivity index (χ0v) is 12.1. The first kappa shape index (κ1) is 14.9. The summed E-state index contributed by atoms with van der Waals surface area (Å²) in [6.07, 6.45) is 2.34. The van der Waals surface area contributed by atoms with Crippen molar-refractivity contribution in [3.8, 4) is 17.6 Å². The lowest BCUT2D eigenvalue weighted by molar-refractivity contribution is 0.354. The maximum Gasteiger partial charge on any atom is 0.160 e. The highest BCUT2D eigenvalue weighted by Crippen LogP contribution is 2.27. The minimum Gasteiger partial charge on any atom is -0.493 e. The summed E-state index contributed by atoms with van der Waals surface area (Å²) >= 11 is 0. The van der Waals surface area contributed by atoms with Crippen LogP contribution in [0.4, 0.5) is 0 Å². The molecule has 2 rings (SSSR count). The number of methoxy groups -OCH3 is 2. The molecule has 0 aliphatic heterocycles. The second-order valence-corrected chi connectivity index (χ2v) is 4.47. The van der Waals surface area contributed by atoms with Crippen molar-refractivity contribution >= 4 is 0 Å². The molecule has 0 radical (unpaired) electrons. The highest BCUT2D eigenvalue weighted by Gasteiger charge is 2.12. The van der Waals surface area contributed by atoms with Gasteiger partial charge in [-0.05, 0) is 36.2 Å². The van der Waals surface area contributed by atoms with Gasteiger partial charge in [-0.3, -0.25) is 5.32 Å². The van der Waals surface area contributed by atoms with Gasteiger partial charge in [0.2, 0.25) is 0 Å². The van der Waals surface area contributed by atoms with Crippen molar-refractivity contribution in [1.29, 1.82) is 5.26 Å². The number of ether oxygens (including phenoxy) is 2. The van der Waals surface area contributed by atoms with Gasteiger partial charge < -0.3 is 13.9 Å². The monoisotopic (exact) mass is 286 g/mol. The predicted octanol–water partition coefficient (Wildman–Crippen LogP) is 2.69. The molecule has 1 aromatic carbocycles. The zero-order valence-electron chi connectivity index (χ0n) is 12.1. The summed E-state index contributed by atoms with van der Waals surface area (Å²) in [4.78, 5) is 0. The SMILES string of the molecule is COc1ccc(CCNC(C#N)c2ccco2)cc1OC. The largest absolute Gasteiger partial charge is 0.493 e. The Morgan fingerprint density at radius 1 is 1.24 bits per heavy atom. The van der Waals surface area contributed by atoms with E-state index in [0.29, 0.717) is 23.8 Å². The Labute approximate surface area is 124 Å². The van der Waals surface area contributed by atoms with E-state index in [0.717, 1.165) is 12.0 Å². The second kappa shape index (κ2) is 7.36. The Morgan fingerprint density at radius 3 is 2.67 bits per heavy atom. The van der Waals surface area contributed by atoms with E-state index in [9.17, 15) is 0 Å². The maximum atomic E-state index is 9.14. The summed E-state index contributed by atoms with van der Waals surface area (Å²) in [5.74, 6) is 2.04. The molecule has 110 valence electrons. The third kappa shape index (κ3) is 3.77. The van der Waals surface area contributed by atoms with Crippen LogP contribution in [0.25, 0.3) is 0 Å². The average molecular weight is 286 g/mol. The van der Waals surface area contributed by atoms with E-state index in [4.69, 9.17) is 19.2 Å². The van der Waals surface area contributed by atoms with Crippen molar-refractivity contribution in [3.05, 3.63) is 47.9 Å². The number of hydrogen-bond donors (Lipinski definition) is 1. The van der Waals surface area contributed by atoms with Gasteiger partial charge in [-0.25, -0.2) is 0 Å². The molecule has 0 bridgehead atoms. The molecule has 1 aromatic heterocycles. The van der Waals surface area contributed by atoms with E-state index in [1.54, 1.807) is 32.6 Å². The van der Waals surface area contributed by atoms with Crippen molar-refractivity contribution in [2.75, 3.05) is 20.8 Å². The van der Waals surface area contributed by atoms with E-state index < -0.39 is 6.04 Å². The fraction of sp³-hybridized carbons (Fsp3) is 0.312. The van der Waals surface area contributed by atoms with E-state index in [2.05, 4.69) is 11.4 Å². The standard InChI is InChI=1S/C16H18N2O3/c1-19-15-6-5-12(10-16(15)20-2)7-8-18-13(11-17)14-4-3-9-21-14/h3-6,9-10,13,18H,7-8H2,1-2H3. The van der Waals surface area contributed by atoms with Crippen molar-refractivity contribution in [3.63, 3.8) is 0 Å². The molecule has 0 saturated carbocycles. The smallest absolute Gasteiger partial charge is 0.160 e. The van der Waals surface area contributed by atoms with Gasteiger partial charge in [0.25, 0.3) is 0 Å². The predicted molar refractivity (Wildman–Crippen MR) is 78.3 cm³/mol. The van der Waals surface area contributed by atoms with Crippen LogP contribution in [0.5, 0.6) is 11.5 Å². The van der Waals surface area contributed by atoms with Gasteiger partial charge in [-0.1, -0.05) is 6.07 Å². The van der Waals surface area contributed by atoms with Gasteiger partial charge in [0.05, 0.1) is 26.6 Å². The summed E-state index contributed by atoms with van der Waals surface area (Å²) in [6, 6.07) is 11.1. The maximum absolute atomic E-state index is 9.14. The Hall–Kier alpha value is -2.45. The Balaban J connectivity index is 1.93. The van der Waals surface area contributed by atoms with Crippen LogP contribution >= 0.6 is 0 Å². The van der Waals surface area contributed by atoms with E-state index in [1.807, 2.05) is 18.2 Å². The minimum absolute atomic E-state index is 0.430. The molecular weight excluding hydrogens is 268 g/mol. The lowest BCUT2D eigenvalue weighted by atomic mass is 10.1. The molecule has 0 fully saturated rings. The first-order valence-corrected chi connectivity index (χ1v) is 6.65. The molecule has 0 saturated heterocycles. The van der Waals surface area contributed by atoms with Crippen LogP contribution in [0.15, 0.2) is 41.0 Å². The highest BCUT2D eigenvalue weighted by molar-refractivity contribution is 5.42. The Morgan fingerprint density at radius 2 is 2.05 bits per heavy atom. The molecular formula is C16H18N2O3. The lowest BCUT2D eigenvalue weighted by Crippen LogP contribution is -2.22. The van der Waals surface area contributed by atoms with Crippen LogP contribution in [0.2, 0.25) is 0 Å². The number of nitrogens with one attached hydrogen (secondary N) is 1. The van der Waals surface area contributed by atoms with Crippen LogP contribution in [0.1, 0.15) is 17.4 Å². The molecule has 5 heteroatoms. The number of nitriles is 1. The van der Waals surface area contributed by atoms with E-state index >= 15 is 0 Å². The molecule has 1 heterocycles. The van der Waals surface area contributed by atoms with Crippen LogP contribution < -0.4 is 14.8 Å². The number of furan rings is 1. The molecule has 21 heavy (non-hydrogen) atoms. The van der Waals surface area contributed by atoms with Gasteiger partial charge in [0, 0.05) is 6.54 Å². The van der Waals surface area contributed by atoms with Gasteiger partial charge in [0.1, 0.15) is 5.76 Å². The quantitative estimate of drug-likeness (QED) is 0.847. The van der Waals surface area contributed by atoms with E-state index in [1.165, 1.54) is 0 Å². The lowest BCUT2D eigenvalue weighted by Gasteiger charge is -2.11. The summed E-state index contributed by atoms with van der Waals surface area (Å²) in [5.41, 5.74) is 1.11. The Kier molecular flexibility index (Phi) is 5.24. The number of rotatable bonds is 7. The topological polar surface area (TPSA) is 67.4 Å². The van der Waals surface area contributed by atoms with Crippen LogP contribution in [0, 0.1) is 11.3 Å². The third-order valence-corrected chi connectivity index (χ3v) is 3.17. The first-order valence-electron chi connectivity index (χ1n) is 6.65. The summed E-state index contributed by atoms with van der Waals surface area (Å²) < 4.78 is 15.7. The molecule has 5 nitrogen and oxygen atoms in total. The van der Waals surface area contributed by atoms with E-state index in [-0.39, 0.29) is 0 Å². The summed E-state index contributed by atoms with van der Waals surface area (Å²) in [6.45, 7) is 0.661. The number of hydrogen-bond acceptors (Lipinski definition) is 5. The summed E-state index contributed by atoms with van der Waals surface area (Å²) in [7, 11) is 3.22. The minimum atomic E-state index is -0.430. The van der Waals surface area contributed by atoms with Crippen molar-refractivity contribution < 1.29 is 13.9 Å². The third-order valence-electron chi connectivity index (χ3n) is 3.17. The average Bonchev–Trinajstić information content (AvgIpc) is 3.05. The fourth-order valence-electron chi connectivity index (χ4n) is 2.06. The molecule has 1 atom stereocenters. The molecule has 2 aromatic rings. The van der Waals surface area contributed by atoms with Crippen LogP contribution in [0.3, 0.4) is 0 Å². The van der Waals surface area contributed by atoms with Crippen molar-refractivity contribution in [2.45, 2.75) is 12.5 Å². The summed E-state index contributed by atoms with van der Waals surface area (Å²) in [5, 5.41) is 12.3. The molecule has 1 unspecified atom stereocenters. The highest BCUT2D eigenvalue weighted by atomic mass is 16.5. The normalized spacial score (nSPS) is 11.7. The number of nitrogens with zero attached hydrogens (tertiary/aromatic N) is 1. The second-order valence-electron chi connectivity index (χ2n) is 4.47. The molecule has 0 aliphatic carbocycles. The molecule has 1 N–H and O–H groups in total. The van der Waals surface area contributed by atoms with Crippen molar-refractivity contribution in [2.24, 2.45) is 0 Å². The van der Waals surface area contributed by atoms with Crippen LogP contribution in [-0.4, -0.2) is 20.8 Å². The molecule has 0 amide bonds. The van der Waals surface area contributed by atoms with Gasteiger partial charge in [-0.15, -0.1) is 0 Å². The Bertz CT molecular complexity index is 602. The molecule has 0 aliphatic rings. The molecule has 0 spiro atoms. The van der Waals surface area contributed by atoms with Gasteiger partial charge in [-0.2, -0.15) is 5.26 Å². The van der Waals surface area contributed by atoms with Gasteiger partial charge >= 0.3 is 0 Å².